The number of β-amino-alcohol motifs (C(OH)–C–C–N with tert-alkyl or cyclic N) is 1. The smallest absolute Gasteiger partial charge is 0.251 e. The SMILES string of the molecule is C=CCN(C(=O)[C@H]1[C@H]2C(=O)N(CCO)C(C(=O)N(CC=C)c3c(C)cccc3C)C23CC[C@]1(C)S3)c1ccccc1. The van der Waals surface area contributed by atoms with E-state index in [2.05, 4.69) is 20.1 Å². The van der Waals surface area contributed by atoms with E-state index in [1.54, 1.807) is 38.6 Å². The van der Waals surface area contributed by atoms with Crippen LogP contribution < -0.4 is 9.80 Å². The number of thioether (sulfide) groups is 1. The van der Waals surface area contributed by atoms with E-state index in [1.807, 2.05) is 62.4 Å². The van der Waals surface area contributed by atoms with Gasteiger partial charge in [-0.25, -0.2) is 0 Å². The molecule has 8 heteroatoms. The lowest BCUT2D eigenvalue weighted by molar-refractivity contribution is -0.140. The summed E-state index contributed by atoms with van der Waals surface area (Å²) in [5.74, 6) is -1.82. The van der Waals surface area contributed by atoms with E-state index in [0.29, 0.717) is 13.0 Å². The Morgan fingerprint density at radius 1 is 1.00 bits per heavy atom. The van der Waals surface area contributed by atoms with Crippen LogP contribution in [0.3, 0.4) is 0 Å². The first-order valence-electron chi connectivity index (χ1n) is 14.2. The van der Waals surface area contributed by atoms with Gasteiger partial charge in [-0.3, -0.25) is 14.4 Å². The number of anilines is 2. The van der Waals surface area contributed by atoms with Gasteiger partial charge < -0.3 is 19.8 Å². The topological polar surface area (TPSA) is 81.2 Å². The van der Waals surface area contributed by atoms with Gasteiger partial charge in [-0.1, -0.05) is 48.6 Å². The normalized spacial score (nSPS) is 28.0. The van der Waals surface area contributed by atoms with Gasteiger partial charge in [-0.15, -0.1) is 24.9 Å². The Morgan fingerprint density at radius 2 is 1.63 bits per heavy atom. The van der Waals surface area contributed by atoms with Crippen molar-refractivity contribution in [2.24, 2.45) is 11.8 Å². The number of fused-ring (bicyclic) bond motifs is 1. The standard InChI is InChI=1S/C33H39N3O4S/c1-6-18-34(24-14-9-8-10-15-24)29(38)25-26-30(39)36(20-21-37)28(33(26)17-16-32(25,5)41-33)31(40)35(19-7-2)27-22(3)12-11-13-23(27)4/h6-15,25-26,28,37H,1-2,16-21H2,3-5H3/t25-,26+,28?,32+,33?/m1/s1. The number of amides is 3. The van der Waals surface area contributed by atoms with E-state index in [4.69, 9.17) is 0 Å². The molecule has 7 nitrogen and oxygen atoms in total. The van der Waals surface area contributed by atoms with Gasteiger partial charge in [0.25, 0.3) is 5.91 Å². The molecule has 1 spiro atoms. The lowest BCUT2D eigenvalue weighted by atomic mass is 9.66. The van der Waals surface area contributed by atoms with Gasteiger partial charge in [0.15, 0.2) is 0 Å². The van der Waals surface area contributed by atoms with Crippen LogP contribution in [0.2, 0.25) is 0 Å². The first kappa shape index (κ1) is 29.1. The molecule has 2 aromatic rings. The molecule has 216 valence electrons. The summed E-state index contributed by atoms with van der Waals surface area (Å²) in [6, 6.07) is 14.6. The molecule has 3 saturated heterocycles. The molecular weight excluding hydrogens is 534 g/mol. The Balaban J connectivity index is 1.60. The molecule has 0 radical (unpaired) electrons. The number of nitrogens with zero attached hydrogens (tertiary/aromatic N) is 3. The van der Waals surface area contributed by atoms with Crippen LogP contribution >= 0.6 is 11.8 Å². The summed E-state index contributed by atoms with van der Waals surface area (Å²) in [7, 11) is 0. The number of benzene rings is 2. The number of para-hydroxylation sites is 2. The van der Waals surface area contributed by atoms with Crippen LogP contribution in [0.1, 0.15) is 30.9 Å². The molecule has 3 fully saturated rings. The monoisotopic (exact) mass is 573 g/mol. The highest BCUT2D eigenvalue weighted by Crippen LogP contribution is 2.71. The molecular formula is C33H39N3O4S. The van der Waals surface area contributed by atoms with E-state index in [0.717, 1.165) is 28.9 Å². The van der Waals surface area contributed by atoms with Crippen molar-refractivity contribution in [3.8, 4) is 0 Å². The van der Waals surface area contributed by atoms with Gasteiger partial charge in [0.05, 0.1) is 23.2 Å². The van der Waals surface area contributed by atoms with Gasteiger partial charge in [0.2, 0.25) is 11.8 Å². The maximum Gasteiger partial charge on any atom is 0.251 e. The fourth-order valence-corrected chi connectivity index (χ4v) is 9.80. The lowest BCUT2D eigenvalue weighted by Crippen LogP contribution is -2.55. The zero-order valence-electron chi connectivity index (χ0n) is 24.1. The zero-order chi connectivity index (χ0) is 29.5. The van der Waals surface area contributed by atoms with Crippen molar-refractivity contribution in [3.05, 3.63) is 85.0 Å². The van der Waals surface area contributed by atoms with E-state index >= 15 is 0 Å². The van der Waals surface area contributed by atoms with Crippen molar-refractivity contribution in [3.63, 3.8) is 0 Å². The Labute approximate surface area is 246 Å². The van der Waals surface area contributed by atoms with Gasteiger partial charge >= 0.3 is 0 Å². The summed E-state index contributed by atoms with van der Waals surface area (Å²) in [4.78, 5) is 48.5. The highest BCUT2D eigenvalue weighted by molar-refractivity contribution is 8.02. The van der Waals surface area contributed by atoms with E-state index < -0.39 is 27.4 Å². The summed E-state index contributed by atoms with van der Waals surface area (Å²) in [6.45, 7) is 14.2. The summed E-state index contributed by atoms with van der Waals surface area (Å²) in [6.07, 6.45) is 4.76. The zero-order valence-corrected chi connectivity index (χ0v) is 24.9. The minimum atomic E-state index is -0.805. The second-order valence-corrected chi connectivity index (χ2v) is 13.4. The number of hydrogen-bond acceptors (Lipinski definition) is 5. The highest BCUT2D eigenvalue weighted by Gasteiger charge is 2.77. The predicted octanol–water partition coefficient (Wildman–Crippen LogP) is 4.52. The molecule has 0 saturated carbocycles. The minimum absolute atomic E-state index is 0.0371. The number of aryl methyl sites for hydroxylation is 2. The fraction of sp³-hybridized carbons (Fsp3) is 0.424. The van der Waals surface area contributed by atoms with Crippen LogP contribution in [-0.2, 0) is 14.4 Å². The van der Waals surface area contributed by atoms with Crippen LogP contribution in [0.4, 0.5) is 11.4 Å². The molecule has 3 amide bonds. The van der Waals surface area contributed by atoms with Crippen molar-refractivity contribution in [2.45, 2.75) is 49.1 Å². The quantitative estimate of drug-likeness (QED) is 0.423. The van der Waals surface area contributed by atoms with Crippen molar-refractivity contribution in [2.75, 3.05) is 36.0 Å². The van der Waals surface area contributed by atoms with E-state index in [9.17, 15) is 19.5 Å². The molecule has 41 heavy (non-hydrogen) atoms. The van der Waals surface area contributed by atoms with Gasteiger partial charge in [0.1, 0.15) is 6.04 Å². The van der Waals surface area contributed by atoms with Crippen LogP contribution in [0.15, 0.2) is 73.8 Å². The predicted molar refractivity (Wildman–Crippen MR) is 165 cm³/mol. The molecule has 0 aromatic heterocycles. The van der Waals surface area contributed by atoms with E-state index in [1.165, 1.54) is 0 Å². The molecule has 5 atom stereocenters. The lowest BCUT2D eigenvalue weighted by Gasteiger charge is -2.38. The largest absolute Gasteiger partial charge is 0.395 e. The van der Waals surface area contributed by atoms with Gasteiger partial charge in [-0.2, -0.15) is 0 Å². The number of aliphatic hydroxyl groups is 1. The highest BCUT2D eigenvalue weighted by atomic mass is 32.2. The van der Waals surface area contributed by atoms with Crippen molar-refractivity contribution < 1.29 is 19.5 Å². The second-order valence-electron chi connectivity index (χ2n) is 11.5. The van der Waals surface area contributed by atoms with Crippen molar-refractivity contribution in [1.82, 2.24) is 4.90 Å². The van der Waals surface area contributed by atoms with Crippen LogP contribution in [0.25, 0.3) is 0 Å². The number of rotatable bonds is 10. The molecule has 3 aliphatic rings. The number of carbonyl (C=O) groups excluding carboxylic acids is 3. The maximum absolute atomic E-state index is 14.7. The summed E-state index contributed by atoms with van der Waals surface area (Å²) in [5.41, 5.74) is 3.48. The Morgan fingerprint density at radius 3 is 2.24 bits per heavy atom. The van der Waals surface area contributed by atoms with Gasteiger partial charge in [0, 0.05) is 35.8 Å². The average molecular weight is 574 g/mol. The number of carbonyl (C=O) groups is 3. The fourth-order valence-electron chi connectivity index (χ4n) is 7.46. The Bertz CT molecular complexity index is 1360. The summed E-state index contributed by atoms with van der Waals surface area (Å²) >= 11 is 1.64. The molecule has 5 rings (SSSR count). The van der Waals surface area contributed by atoms with Crippen LogP contribution in [-0.4, -0.2) is 69.5 Å². The average Bonchev–Trinajstić information content (AvgIpc) is 3.52. The van der Waals surface area contributed by atoms with Crippen LogP contribution in [0.5, 0.6) is 0 Å². The molecule has 1 N–H and O–H groups in total. The summed E-state index contributed by atoms with van der Waals surface area (Å²) < 4.78 is -1.28. The molecule has 3 heterocycles. The minimum Gasteiger partial charge on any atom is -0.395 e. The molecule has 2 aromatic carbocycles. The first-order chi connectivity index (χ1) is 19.6. The Kier molecular flexibility index (Phi) is 7.92. The number of hydrogen-bond donors (Lipinski definition) is 1. The van der Waals surface area contributed by atoms with E-state index in [-0.39, 0.29) is 37.4 Å². The number of aliphatic hydroxyl groups excluding tert-OH is 1. The van der Waals surface area contributed by atoms with Crippen molar-refractivity contribution in [1.29, 1.82) is 0 Å². The third-order valence-electron chi connectivity index (χ3n) is 9.05. The second kappa shape index (κ2) is 11.1. The Hall–Kier alpha value is -3.36. The van der Waals surface area contributed by atoms with Crippen molar-refractivity contribution >= 4 is 40.9 Å². The molecule has 0 aliphatic carbocycles. The van der Waals surface area contributed by atoms with Gasteiger partial charge in [-0.05, 0) is 56.9 Å². The third kappa shape index (κ3) is 4.52. The van der Waals surface area contributed by atoms with Crippen LogP contribution in [0, 0.1) is 25.7 Å². The number of likely N-dealkylation sites (tertiary alicyclic amines) is 1. The first-order valence-corrected chi connectivity index (χ1v) is 15.0. The molecule has 2 bridgehead atoms. The molecule has 2 unspecified atom stereocenters. The molecule has 3 aliphatic heterocycles. The third-order valence-corrected chi connectivity index (χ3v) is 11.0. The summed E-state index contributed by atoms with van der Waals surface area (Å²) in [5, 5.41) is 10.0. The maximum atomic E-state index is 14.7.